The van der Waals surface area contributed by atoms with Gasteiger partial charge in [-0.1, -0.05) is 12.1 Å². The van der Waals surface area contributed by atoms with Gasteiger partial charge < -0.3 is 14.6 Å². The maximum Gasteiger partial charge on any atom is 0.310 e. The Morgan fingerprint density at radius 1 is 1.22 bits per heavy atom. The highest BCUT2D eigenvalue weighted by Gasteiger charge is 2.53. The van der Waals surface area contributed by atoms with E-state index in [2.05, 4.69) is 15.3 Å². The number of aromatic nitrogens is 3. The van der Waals surface area contributed by atoms with E-state index in [0.29, 0.717) is 28.1 Å². The van der Waals surface area contributed by atoms with Crippen molar-refractivity contribution in [1.29, 1.82) is 0 Å². The van der Waals surface area contributed by atoms with Crippen molar-refractivity contribution in [3.05, 3.63) is 57.8 Å². The first-order valence-corrected chi connectivity index (χ1v) is 10.2. The summed E-state index contributed by atoms with van der Waals surface area (Å²) in [5.41, 5.74) is -1.39. The van der Waals surface area contributed by atoms with Crippen molar-refractivity contribution >= 4 is 16.7 Å². The summed E-state index contributed by atoms with van der Waals surface area (Å²) in [6, 6.07) is 5.28. The molecule has 5 rings (SSSR count). The van der Waals surface area contributed by atoms with Crippen LogP contribution in [0.2, 0.25) is 0 Å². The number of ether oxygens (including phenoxy) is 1. The minimum absolute atomic E-state index is 0.124. The molecule has 1 aliphatic heterocycles. The number of hydrogen-bond acceptors (Lipinski definition) is 5. The number of halogens is 4. The van der Waals surface area contributed by atoms with Crippen LogP contribution >= 0.6 is 0 Å². The van der Waals surface area contributed by atoms with E-state index in [9.17, 15) is 22.4 Å². The molecule has 0 radical (unpaired) electrons. The lowest BCUT2D eigenvalue weighted by atomic mass is 10.0. The number of nitrogens with zero attached hydrogens (tertiary/aromatic N) is 3. The van der Waals surface area contributed by atoms with Crippen LogP contribution in [0.5, 0.6) is 5.75 Å². The Kier molecular flexibility index (Phi) is 4.48. The largest absolute Gasteiger partial charge is 0.486 e. The Morgan fingerprint density at radius 3 is 2.66 bits per heavy atom. The van der Waals surface area contributed by atoms with Gasteiger partial charge in [-0.25, -0.2) is 18.7 Å². The van der Waals surface area contributed by atoms with Gasteiger partial charge in [-0.3, -0.25) is 4.79 Å². The number of rotatable bonds is 5. The molecule has 1 saturated carbocycles. The summed E-state index contributed by atoms with van der Waals surface area (Å²) in [6.07, 6.45) is -0.885. The quantitative estimate of drug-likeness (QED) is 0.582. The van der Waals surface area contributed by atoms with Crippen molar-refractivity contribution in [3.63, 3.8) is 0 Å². The smallest absolute Gasteiger partial charge is 0.310 e. The van der Waals surface area contributed by atoms with Crippen molar-refractivity contribution in [2.75, 3.05) is 11.9 Å². The number of alkyl halides is 4. The number of nitrogens with one attached hydrogen (secondary N) is 1. The van der Waals surface area contributed by atoms with Crippen molar-refractivity contribution < 1.29 is 22.3 Å². The number of anilines is 1. The van der Waals surface area contributed by atoms with Crippen molar-refractivity contribution in [2.24, 2.45) is 0 Å². The average molecular weight is 448 g/mol. The van der Waals surface area contributed by atoms with E-state index in [1.165, 1.54) is 24.4 Å². The van der Waals surface area contributed by atoms with Gasteiger partial charge in [0.05, 0.1) is 22.5 Å². The van der Waals surface area contributed by atoms with Gasteiger partial charge in [-0.15, -0.1) is 0 Å². The number of para-hydroxylation sites is 1. The van der Waals surface area contributed by atoms with Gasteiger partial charge in [0, 0.05) is 17.8 Å². The summed E-state index contributed by atoms with van der Waals surface area (Å²) in [5, 5.41) is 3.56. The fourth-order valence-electron chi connectivity index (χ4n) is 4.24. The van der Waals surface area contributed by atoms with Gasteiger partial charge in [0.2, 0.25) is 0 Å². The molecule has 0 amide bonds. The molecular formula is C22H20F4N4O2. The minimum Gasteiger partial charge on any atom is -0.486 e. The van der Waals surface area contributed by atoms with Crippen LogP contribution in [0.4, 0.5) is 23.4 Å². The van der Waals surface area contributed by atoms with E-state index in [1.54, 1.807) is 19.9 Å². The molecule has 3 heterocycles. The number of benzene rings is 1. The Balaban J connectivity index is 1.58. The lowest BCUT2D eigenvalue weighted by molar-refractivity contribution is -0.0214. The fourth-order valence-corrected chi connectivity index (χ4v) is 4.24. The molecule has 2 aliphatic rings. The third-order valence-electron chi connectivity index (χ3n) is 6.15. The summed E-state index contributed by atoms with van der Waals surface area (Å²) >= 11 is 0. The molecule has 1 N–H and O–H groups in total. The summed E-state index contributed by atoms with van der Waals surface area (Å²) in [4.78, 5) is 21.2. The molecule has 1 aliphatic carbocycles. The second kappa shape index (κ2) is 6.91. The molecule has 0 saturated heterocycles. The zero-order valence-corrected chi connectivity index (χ0v) is 17.3. The van der Waals surface area contributed by atoms with Gasteiger partial charge >= 0.3 is 5.92 Å². The Bertz CT molecular complexity index is 1290. The van der Waals surface area contributed by atoms with Crippen LogP contribution in [0.15, 0.2) is 35.3 Å². The number of aryl methyl sites for hydroxylation is 1. The highest BCUT2D eigenvalue weighted by atomic mass is 19.3. The van der Waals surface area contributed by atoms with E-state index >= 15 is 0 Å². The van der Waals surface area contributed by atoms with E-state index in [4.69, 9.17) is 4.74 Å². The van der Waals surface area contributed by atoms with Crippen LogP contribution in [0.1, 0.15) is 42.8 Å². The average Bonchev–Trinajstić information content (AvgIpc) is 3.47. The zero-order valence-electron chi connectivity index (χ0n) is 17.3. The van der Waals surface area contributed by atoms with Crippen LogP contribution in [0, 0.1) is 6.92 Å². The van der Waals surface area contributed by atoms with Crippen molar-refractivity contribution in [1.82, 2.24) is 14.5 Å². The maximum absolute atomic E-state index is 14.1. The highest BCUT2D eigenvalue weighted by molar-refractivity contribution is 5.88. The van der Waals surface area contributed by atoms with Crippen LogP contribution < -0.4 is 15.6 Å². The van der Waals surface area contributed by atoms with Crippen LogP contribution in [0.3, 0.4) is 0 Å². The van der Waals surface area contributed by atoms with Crippen molar-refractivity contribution in [3.8, 4) is 5.75 Å². The van der Waals surface area contributed by atoms with Gasteiger partial charge in [-0.05, 0) is 32.8 Å². The lowest BCUT2D eigenvalue weighted by Crippen LogP contribution is -2.35. The maximum atomic E-state index is 14.1. The first kappa shape index (κ1) is 20.7. The fraction of sp³-hybridized carbons (Fsp3) is 0.409. The third kappa shape index (κ3) is 3.11. The minimum atomic E-state index is -3.06. The topological polar surface area (TPSA) is 69.0 Å². The number of pyridine rings is 1. The Hall–Kier alpha value is -3.17. The zero-order chi connectivity index (χ0) is 22.8. The third-order valence-corrected chi connectivity index (χ3v) is 6.15. The standard InChI is InChI=1S/C22H20F4N4O2/c1-11(13-4-3-5-15-18(13)32-10-22(15,25)26)27-19-14-9-30(21(6-7-21)20(23)24)17(31)8-16(14)28-12(2)29-19/h3-5,8-9,11,20H,6-7,10H2,1-2H3,(H,27,28,29)/t11-/m1/s1. The lowest BCUT2D eigenvalue weighted by Gasteiger charge is -2.21. The van der Waals surface area contributed by atoms with Gasteiger partial charge in [0.15, 0.2) is 6.61 Å². The van der Waals surface area contributed by atoms with Gasteiger partial charge in [0.25, 0.3) is 12.0 Å². The number of fused-ring (bicyclic) bond motifs is 2. The monoisotopic (exact) mass is 448 g/mol. The Labute approximate surface area is 180 Å². The molecule has 168 valence electrons. The summed E-state index contributed by atoms with van der Waals surface area (Å²) in [5.74, 6) is -2.24. The first-order chi connectivity index (χ1) is 15.1. The van der Waals surface area contributed by atoms with E-state index in [0.717, 1.165) is 4.57 Å². The molecule has 3 aromatic rings. The summed E-state index contributed by atoms with van der Waals surface area (Å²) in [7, 11) is 0. The van der Waals surface area contributed by atoms with Crippen LogP contribution in [0.25, 0.3) is 10.9 Å². The molecular weight excluding hydrogens is 428 g/mol. The molecule has 2 aromatic heterocycles. The SMILES string of the molecule is Cc1nc(N[C@H](C)c2cccc3c2OCC3(F)F)c2cn(C3(C(F)F)CC3)c(=O)cc2n1. The highest BCUT2D eigenvalue weighted by Crippen LogP contribution is 2.48. The second-order valence-corrected chi connectivity index (χ2v) is 8.39. The van der Waals surface area contributed by atoms with Gasteiger partial charge in [0.1, 0.15) is 22.9 Å². The molecule has 32 heavy (non-hydrogen) atoms. The number of hydrogen-bond donors (Lipinski definition) is 1. The van der Waals surface area contributed by atoms with E-state index < -0.39 is 36.1 Å². The normalized spacial score (nSPS) is 19.0. The molecule has 6 nitrogen and oxygen atoms in total. The summed E-state index contributed by atoms with van der Waals surface area (Å²) < 4.78 is 61.8. The second-order valence-electron chi connectivity index (χ2n) is 8.39. The Morgan fingerprint density at radius 2 is 1.97 bits per heavy atom. The van der Waals surface area contributed by atoms with Crippen molar-refractivity contribution in [2.45, 2.75) is 50.6 Å². The van der Waals surface area contributed by atoms with Gasteiger partial charge in [-0.2, -0.15) is 8.78 Å². The molecule has 10 heteroatoms. The molecule has 1 atom stereocenters. The molecule has 1 fully saturated rings. The molecule has 0 unspecified atom stereocenters. The van der Waals surface area contributed by atoms with Crippen LogP contribution in [-0.2, 0) is 11.5 Å². The predicted molar refractivity (Wildman–Crippen MR) is 110 cm³/mol. The summed E-state index contributed by atoms with van der Waals surface area (Å²) in [6.45, 7) is 2.69. The molecule has 1 aromatic carbocycles. The van der Waals surface area contributed by atoms with E-state index in [1.807, 2.05) is 0 Å². The first-order valence-electron chi connectivity index (χ1n) is 10.2. The molecule has 0 bridgehead atoms. The predicted octanol–water partition coefficient (Wildman–Crippen LogP) is 4.51. The molecule has 0 spiro atoms. The van der Waals surface area contributed by atoms with E-state index in [-0.39, 0.29) is 24.2 Å². The van der Waals surface area contributed by atoms with Crippen LogP contribution in [-0.4, -0.2) is 27.6 Å².